The Morgan fingerprint density at radius 1 is 1.09 bits per heavy atom. The van der Waals surface area contributed by atoms with E-state index in [1.54, 1.807) is 0 Å². The number of hydrogen-bond acceptors (Lipinski definition) is 2. The summed E-state index contributed by atoms with van der Waals surface area (Å²) in [5.74, 6) is 0.841. The van der Waals surface area contributed by atoms with Crippen molar-refractivity contribution < 1.29 is 4.79 Å². The van der Waals surface area contributed by atoms with Gasteiger partial charge in [0.05, 0.1) is 0 Å². The first kappa shape index (κ1) is 15.3. The molecular formula is C19H20ClNO. The van der Waals surface area contributed by atoms with Crippen molar-refractivity contribution in [1.82, 2.24) is 5.32 Å². The van der Waals surface area contributed by atoms with E-state index in [2.05, 4.69) is 29.6 Å². The smallest absolute Gasteiger partial charge is 0.141 e. The molecule has 22 heavy (non-hydrogen) atoms. The van der Waals surface area contributed by atoms with Crippen LogP contribution in [-0.4, -0.2) is 18.9 Å². The fraction of sp³-hybridized carbons (Fsp3) is 0.316. The Bertz CT molecular complexity index is 645. The summed E-state index contributed by atoms with van der Waals surface area (Å²) in [6, 6.07) is 16.0. The largest absolute Gasteiger partial charge is 0.316 e. The standard InChI is InChI=1S/C19H20ClNO/c20-18-3-1-2-15(10-18)12-19(22)11-14-4-6-16(7-5-14)17-8-9-21-13-17/h1-7,10,17,21H,8-9,11-13H2. The van der Waals surface area contributed by atoms with Crippen molar-refractivity contribution in [2.24, 2.45) is 0 Å². The monoisotopic (exact) mass is 313 g/mol. The zero-order chi connectivity index (χ0) is 15.4. The van der Waals surface area contributed by atoms with Gasteiger partial charge in [0, 0.05) is 24.4 Å². The highest BCUT2D eigenvalue weighted by atomic mass is 35.5. The third-order valence-corrected chi connectivity index (χ3v) is 4.44. The maximum Gasteiger partial charge on any atom is 0.141 e. The minimum absolute atomic E-state index is 0.220. The molecule has 3 rings (SSSR count). The SMILES string of the molecule is O=C(Cc1ccc(C2CCNC2)cc1)Cc1cccc(Cl)c1. The highest BCUT2D eigenvalue weighted by Crippen LogP contribution is 2.22. The van der Waals surface area contributed by atoms with Crippen LogP contribution < -0.4 is 5.32 Å². The minimum Gasteiger partial charge on any atom is -0.316 e. The molecule has 1 atom stereocenters. The number of halogens is 1. The fourth-order valence-corrected chi connectivity index (χ4v) is 3.22. The maximum atomic E-state index is 12.2. The molecule has 114 valence electrons. The molecule has 1 heterocycles. The number of carbonyl (C=O) groups excluding carboxylic acids is 1. The molecule has 2 nitrogen and oxygen atoms in total. The summed E-state index contributed by atoms with van der Waals surface area (Å²) in [6.45, 7) is 2.16. The van der Waals surface area contributed by atoms with Crippen molar-refractivity contribution >= 4 is 17.4 Å². The van der Waals surface area contributed by atoms with Crippen LogP contribution in [0.15, 0.2) is 48.5 Å². The van der Waals surface area contributed by atoms with E-state index in [0.29, 0.717) is 23.8 Å². The molecule has 0 aliphatic carbocycles. The molecule has 1 aliphatic rings. The summed E-state index contributed by atoms with van der Waals surface area (Å²) in [5, 5.41) is 4.06. The molecule has 2 aromatic carbocycles. The van der Waals surface area contributed by atoms with Gasteiger partial charge in [-0.1, -0.05) is 48.0 Å². The molecule has 0 bridgehead atoms. The van der Waals surface area contributed by atoms with Crippen LogP contribution in [-0.2, 0) is 17.6 Å². The molecule has 1 N–H and O–H groups in total. The van der Waals surface area contributed by atoms with Gasteiger partial charge < -0.3 is 5.32 Å². The summed E-state index contributed by atoms with van der Waals surface area (Å²) in [5.41, 5.74) is 3.43. The minimum atomic E-state index is 0.220. The molecule has 1 saturated heterocycles. The van der Waals surface area contributed by atoms with Crippen molar-refractivity contribution in [1.29, 1.82) is 0 Å². The molecule has 0 saturated carbocycles. The molecule has 0 radical (unpaired) electrons. The number of ketones is 1. The first-order valence-electron chi connectivity index (χ1n) is 7.76. The second kappa shape index (κ2) is 7.08. The normalized spacial score (nSPS) is 17.6. The van der Waals surface area contributed by atoms with Crippen molar-refractivity contribution in [2.45, 2.75) is 25.2 Å². The summed E-state index contributed by atoms with van der Waals surface area (Å²) in [4.78, 5) is 12.2. The van der Waals surface area contributed by atoms with Crippen LogP contribution in [0.1, 0.15) is 29.0 Å². The van der Waals surface area contributed by atoms with Gasteiger partial charge in [-0.3, -0.25) is 4.79 Å². The third-order valence-electron chi connectivity index (χ3n) is 4.20. The Hall–Kier alpha value is -1.64. The molecule has 3 heteroatoms. The molecular weight excluding hydrogens is 294 g/mol. The lowest BCUT2D eigenvalue weighted by atomic mass is 9.95. The molecule has 0 amide bonds. The molecule has 1 unspecified atom stereocenters. The third kappa shape index (κ3) is 3.96. The molecule has 2 aromatic rings. The zero-order valence-electron chi connectivity index (χ0n) is 12.5. The van der Waals surface area contributed by atoms with E-state index < -0.39 is 0 Å². The number of Topliss-reactive ketones (excluding diaryl/α,β-unsaturated/α-hetero) is 1. The van der Waals surface area contributed by atoms with Crippen LogP contribution in [0.2, 0.25) is 5.02 Å². The lowest BCUT2D eigenvalue weighted by Crippen LogP contribution is -2.08. The second-order valence-corrected chi connectivity index (χ2v) is 6.39. The van der Waals surface area contributed by atoms with Gasteiger partial charge in [0.1, 0.15) is 5.78 Å². The maximum absolute atomic E-state index is 12.2. The molecule has 0 spiro atoms. The van der Waals surface area contributed by atoms with Crippen molar-refractivity contribution in [2.75, 3.05) is 13.1 Å². The lowest BCUT2D eigenvalue weighted by Gasteiger charge is -2.09. The van der Waals surface area contributed by atoms with E-state index >= 15 is 0 Å². The first-order chi connectivity index (χ1) is 10.7. The predicted molar refractivity (Wildman–Crippen MR) is 90.5 cm³/mol. The van der Waals surface area contributed by atoms with Crippen LogP contribution in [0.5, 0.6) is 0 Å². The van der Waals surface area contributed by atoms with Crippen LogP contribution in [0.3, 0.4) is 0 Å². The summed E-state index contributed by atoms with van der Waals surface area (Å²) in [7, 11) is 0. The first-order valence-corrected chi connectivity index (χ1v) is 8.14. The average molecular weight is 314 g/mol. The van der Waals surface area contributed by atoms with E-state index in [-0.39, 0.29) is 5.78 Å². The zero-order valence-corrected chi connectivity index (χ0v) is 13.3. The highest BCUT2D eigenvalue weighted by Gasteiger charge is 2.16. The van der Waals surface area contributed by atoms with Crippen LogP contribution >= 0.6 is 11.6 Å². The summed E-state index contributed by atoms with van der Waals surface area (Å²) < 4.78 is 0. The van der Waals surface area contributed by atoms with Crippen LogP contribution in [0, 0.1) is 0 Å². The van der Waals surface area contributed by atoms with Gasteiger partial charge in [-0.15, -0.1) is 0 Å². The number of nitrogens with one attached hydrogen (secondary N) is 1. The van der Waals surface area contributed by atoms with Gasteiger partial charge in [0.15, 0.2) is 0 Å². The van der Waals surface area contributed by atoms with E-state index in [1.165, 1.54) is 12.0 Å². The summed E-state index contributed by atoms with van der Waals surface area (Å²) >= 11 is 5.95. The molecule has 1 fully saturated rings. The molecule has 1 aliphatic heterocycles. The van der Waals surface area contributed by atoms with Gasteiger partial charge in [0.25, 0.3) is 0 Å². The van der Waals surface area contributed by atoms with E-state index in [9.17, 15) is 4.79 Å². The topological polar surface area (TPSA) is 29.1 Å². The number of rotatable bonds is 5. The highest BCUT2D eigenvalue weighted by molar-refractivity contribution is 6.30. The average Bonchev–Trinajstić information content (AvgIpc) is 3.02. The number of benzene rings is 2. The Kier molecular flexibility index (Phi) is 4.91. The lowest BCUT2D eigenvalue weighted by molar-refractivity contribution is -0.117. The van der Waals surface area contributed by atoms with Gasteiger partial charge in [-0.25, -0.2) is 0 Å². The summed E-state index contributed by atoms with van der Waals surface area (Å²) in [6.07, 6.45) is 2.12. The van der Waals surface area contributed by atoms with Crippen molar-refractivity contribution in [3.05, 3.63) is 70.2 Å². The second-order valence-electron chi connectivity index (χ2n) is 5.95. The Morgan fingerprint density at radius 2 is 1.86 bits per heavy atom. The van der Waals surface area contributed by atoms with E-state index in [0.717, 1.165) is 24.2 Å². The van der Waals surface area contributed by atoms with E-state index in [4.69, 9.17) is 11.6 Å². The number of carbonyl (C=O) groups is 1. The van der Waals surface area contributed by atoms with Crippen LogP contribution in [0.4, 0.5) is 0 Å². The van der Waals surface area contributed by atoms with Crippen molar-refractivity contribution in [3.63, 3.8) is 0 Å². The van der Waals surface area contributed by atoms with Gasteiger partial charge in [-0.2, -0.15) is 0 Å². The van der Waals surface area contributed by atoms with Gasteiger partial charge >= 0.3 is 0 Å². The van der Waals surface area contributed by atoms with Gasteiger partial charge in [0.2, 0.25) is 0 Å². The Balaban J connectivity index is 1.59. The van der Waals surface area contributed by atoms with Gasteiger partial charge in [-0.05, 0) is 47.7 Å². The van der Waals surface area contributed by atoms with Crippen LogP contribution in [0.25, 0.3) is 0 Å². The van der Waals surface area contributed by atoms with Crippen molar-refractivity contribution in [3.8, 4) is 0 Å². The van der Waals surface area contributed by atoms with E-state index in [1.807, 2.05) is 24.3 Å². The quantitative estimate of drug-likeness (QED) is 0.910. The predicted octanol–water partition coefficient (Wildman–Crippen LogP) is 3.77. The molecule has 0 aromatic heterocycles. The fourth-order valence-electron chi connectivity index (χ4n) is 3.01. The number of hydrogen-bond donors (Lipinski definition) is 1. The Morgan fingerprint density at radius 3 is 2.55 bits per heavy atom. The Labute approximate surface area is 136 Å².